The maximum atomic E-state index is 13.6. The van der Waals surface area contributed by atoms with Crippen molar-refractivity contribution in [3.8, 4) is 0 Å². The van der Waals surface area contributed by atoms with Gasteiger partial charge in [0, 0.05) is 17.4 Å². The van der Waals surface area contributed by atoms with Crippen molar-refractivity contribution in [2.75, 3.05) is 17.7 Å². The predicted molar refractivity (Wildman–Crippen MR) is 115 cm³/mol. The minimum absolute atomic E-state index is 0.0532. The first kappa shape index (κ1) is 17.1. The maximum Gasteiger partial charge on any atom is 0.237 e. The standard InChI is InChI=1S/C24H25NOS/c1-23-16-24(14-8-9-15-27-24)20(17-10-4-3-5-11-17)21(23)18-12-6-7-13-19(18)25(2)22(23)26/h3-7,10-13H,8-9,14-16H2,1-2H3. The van der Waals surface area contributed by atoms with Gasteiger partial charge in [-0.2, -0.15) is 11.8 Å². The zero-order valence-electron chi connectivity index (χ0n) is 16.0. The van der Waals surface area contributed by atoms with Gasteiger partial charge in [-0.1, -0.05) is 55.0 Å². The molecule has 1 saturated heterocycles. The average molecular weight is 376 g/mol. The van der Waals surface area contributed by atoms with E-state index in [9.17, 15) is 4.79 Å². The minimum atomic E-state index is -0.446. The highest BCUT2D eigenvalue weighted by Gasteiger charge is 2.59. The number of amides is 1. The van der Waals surface area contributed by atoms with Gasteiger partial charge in [-0.05, 0) is 54.7 Å². The van der Waals surface area contributed by atoms with Crippen LogP contribution in [-0.2, 0) is 4.79 Å². The predicted octanol–water partition coefficient (Wildman–Crippen LogP) is 5.64. The molecule has 2 heterocycles. The first-order valence-corrected chi connectivity index (χ1v) is 10.9. The van der Waals surface area contributed by atoms with Crippen LogP contribution in [0.4, 0.5) is 5.69 Å². The van der Waals surface area contributed by atoms with Crippen molar-refractivity contribution in [1.82, 2.24) is 0 Å². The smallest absolute Gasteiger partial charge is 0.237 e. The molecule has 0 aromatic heterocycles. The normalized spacial score (nSPS) is 29.9. The molecule has 0 bridgehead atoms. The Morgan fingerprint density at radius 1 is 0.963 bits per heavy atom. The largest absolute Gasteiger partial charge is 0.314 e. The van der Waals surface area contributed by atoms with E-state index >= 15 is 0 Å². The SMILES string of the molecule is CN1C(=O)C2(C)CC3(CCCCS3)C(c3ccccc3)=C2c2ccccc21. The molecule has 2 atom stereocenters. The molecular formula is C24H25NOS. The summed E-state index contributed by atoms with van der Waals surface area (Å²) in [5.74, 6) is 1.43. The van der Waals surface area contributed by atoms with Crippen LogP contribution in [0.5, 0.6) is 0 Å². The third-order valence-corrected chi connectivity index (χ3v) is 8.22. The highest BCUT2D eigenvalue weighted by atomic mass is 32.2. The van der Waals surface area contributed by atoms with Crippen molar-refractivity contribution in [2.45, 2.75) is 37.4 Å². The molecule has 2 nitrogen and oxygen atoms in total. The summed E-state index contributed by atoms with van der Waals surface area (Å²) in [5.41, 5.74) is 5.83. The number of thioether (sulfide) groups is 1. The van der Waals surface area contributed by atoms with Crippen LogP contribution in [0.3, 0.4) is 0 Å². The molecule has 0 N–H and O–H groups in total. The van der Waals surface area contributed by atoms with Crippen LogP contribution in [0.15, 0.2) is 54.6 Å². The summed E-state index contributed by atoms with van der Waals surface area (Å²) < 4.78 is 0.0532. The number of hydrogen-bond acceptors (Lipinski definition) is 2. The summed E-state index contributed by atoms with van der Waals surface area (Å²) in [6.07, 6.45) is 4.62. The Morgan fingerprint density at radius 3 is 2.44 bits per heavy atom. The van der Waals surface area contributed by atoms with Crippen LogP contribution in [0.25, 0.3) is 11.1 Å². The van der Waals surface area contributed by atoms with Crippen LogP contribution >= 0.6 is 11.8 Å². The monoisotopic (exact) mass is 375 g/mol. The van der Waals surface area contributed by atoms with E-state index in [-0.39, 0.29) is 10.7 Å². The molecular weight excluding hydrogens is 350 g/mol. The fourth-order valence-corrected chi connectivity index (χ4v) is 7.31. The summed E-state index contributed by atoms with van der Waals surface area (Å²) in [4.78, 5) is 15.5. The zero-order chi connectivity index (χ0) is 18.6. The molecule has 1 spiro atoms. The van der Waals surface area contributed by atoms with Gasteiger partial charge >= 0.3 is 0 Å². The molecule has 3 aliphatic rings. The topological polar surface area (TPSA) is 20.3 Å². The van der Waals surface area contributed by atoms with E-state index in [2.05, 4.69) is 67.2 Å². The zero-order valence-corrected chi connectivity index (χ0v) is 16.8. The van der Waals surface area contributed by atoms with Crippen molar-refractivity contribution in [2.24, 2.45) is 5.41 Å². The van der Waals surface area contributed by atoms with Crippen molar-refractivity contribution in [3.05, 3.63) is 65.7 Å². The molecule has 0 radical (unpaired) electrons. The van der Waals surface area contributed by atoms with Crippen LogP contribution in [0.2, 0.25) is 0 Å². The first-order chi connectivity index (χ1) is 13.1. The fourth-order valence-electron chi connectivity index (χ4n) is 5.52. The summed E-state index contributed by atoms with van der Waals surface area (Å²) in [6, 6.07) is 19.2. The van der Waals surface area contributed by atoms with E-state index < -0.39 is 5.41 Å². The second kappa shape index (κ2) is 6.00. The van der Waals surface area contributed by atoms with Crippen LogP contribution in [0, 0.1) is 5.41 Å². The number of fused-ring (bicyclic) bond motifs is 3. The average Bonchev–Trinajstić information content (AvgIpc) is 2.96. The van der Waals surface area contributed by atoms with E-state index in [4.69, 9.17) is 0 Å². The molecule has 2 aromatic rings. The van der Waals surface area contributed by atoms with E-state index in [1.165, 1.54) is 47.3 Å². The molecule has 138 valence electrons. The molecule has 5 rings (SSSR count). The molecule has 3 heteroatoms. The van der Waals surface area contributed by atoms with Crippen molar-refractivity contribution < 1.29 is 4.79 Å². The molecule has 1 amide bonds. The van der Waals surface area contributed by atoms with E-state index in [1.54, 1.807) is 0 Å². The van der Waals surface area contributed by atoms with Gasteiger partial charge in [0.25, 0.3) is 0 Å². The van der Waals surface area contributed by atoms with E-state index in [0.29, 0.717) is 0 Å². The summed E-state index contributed by atoms with van der Waals surface area (Å²) in [6.45, 7) is 2.18. The lowest BCUT2D eigenvalue weighted by Gasteiger charge is -2.40. The number of carbonyl (C=O) groups is 1. The molecule has 27 heavy (non-hydrogen) atoms. The Morgan fingerprint density at radius 2 is 1.70 bits per heavy atom. The third-order valence-electron chi connectivity index (χ3n) is 6.62. The van der Waals surface area contributed by atoms with E-state index in [1.807, 2.05) is 18.0 Å². The number of rotatable bonds is 1. The molecule has 1 fully saturated rings. The van der Waals surface area contributed by atoms with Crippen LogP contribution in [0.1, 0.15) is 43.7 Å². The van der Waals surface area contributed by atoms with Crippen molar-refractivity contribution in [1.29, 1.82) is 0 Å². The van der Waals surface area contributed by atoms with Gasteiger partial charge in [-0.3, -0.25) is 4.79 Å². The van der Waals surface area contributed by atoms with E-state index in [0.717, 1.165) is 12.1 Å². The Bertz CT molecular complexity index is 942. The second-order valence-electron chi connectivity index (χ2n) is 8.31. The van der Waals surface area contributed by atoms with Crippen LogP contribution < -0.4 is 4.90 Å². The Kier molecular flexibility index (Phi) is 3.80. The molecule has 0 saturated carbocycles. The highest BCUT2D eigenvalue weighted by Crippen LogP contribution is 2.66. The van der Waals surface area contributed by atoms with Crippen LogP contribution in [-0.4, -0.2) is 23.5 Å². The van der Waals surface area contributed by atoms with Gasteiger partial charge in [0.15, 0.2) is 0 Å². The molecule has 2 aliphatic heterocycles. The minimum Gasteiger partial charge on any atom is -0.314 e. The number of nitrogens with zero attached hydrogens (tertiary/aromatic N) is 1. The van der Waals surface area contributed by atoms with Gasteiger partial charge in [-0.25, -0.2) is 0 Å². The fraction of sp³-hybridized carbons (Fsp3) is 0.375. The molecule has 1 aliphatic carbocycles. The Balaban J connectivity index is 1.86. The number of benzene rings is 2. The van der Waals surface area contributed by atoms with Gasteiger partial charge in [0.05, 0.1) is 11.1 Å². The van der Waals surface area contributed by atoms with Gasteiger partial charge in [0.1, 0.15) is 0 Å². The summed E-state index contributed by atoms with van der Waals surface area (Å²) >= 11 is 2.09. The highest BCUT2D eigenvalue weighted by molar-refractivity contribution is 8.01. The number of hydrogen-bond donors (Lipinski definition) is 0. The number of para-hydroxylation sites is 1. The van der Waals surface area contributed by atoms with Gasteiger partial charge in [-0.15, -0.1) is 0 Å². The molecule has 2 unspecified atom stereocenters. The lowest BCUT2D eigenvalue weighted by atomic mass is 9.74. The third kappa shape index (κ3) is 2.30. The quantitative estimate of drug-likeness (QED) is 0.643. The molecule has 2 aromatic carbocycles. The summed E-state index contributed by atoms with van der Waals surface area (Å²) in [7, 11) is 1.93. The second-order valence-corrected chi connectivity index (χ2v) is 9.78. The lowest BCUT2D eigenvalue weighted by molar-refractivity contribution is -0.124. The van der Waals surface area contributed by atoms with Gasteiger partial charge < -0.3 is 4.90 Å². The lowest BCUT2D eigenvalue weighted by Crippen LogP contribution is -2.45. The first-order valence-electron chi connectivity index (χ1n) is 9.89. The van der Waals surface area contributed by atoms with Crippen molar-refractivity contribution in [3.63, 3.8) is 0 Å². The Labute approximate surface area is 165 Å². The number of carbonyl (C=O) groups excluding carboxylic acids is 1. The Hall–Kier alpha value is -2.00. The maximum absolute atomic E-state index is 13.6. The summed E-state index contributed by atoms with van der Waals surface area (Å²) in [5, 5.41) is 0. The van der Waals surface area contributed by atoms with Crippen molar-refractivity contribution >= 4 is 34.5 Å². The number of anilines is 1. The van der Waals surface area contributed by atoms with Gasteiger partial charge in [0.2, 0.25) is 5.91 Å².